The first kappa shape index (κ1) is 24.4. The van der Waals surface area contributed by atoms with Crippen LogP contribution in [0.4, 0.5) is 0 Å². The zero-order valence-corrected chi connectivity index (χ0v) is 19.8. The lowest BCUT2D eigenvalue weighted by Crippen LogP contribution is -2.51. The van der Waals surface area contributed by atoms with Crippen LogP contribution in [0.1, 0.15) is 27.4 Å². The fourth-order valence-electron chi connectivity index (χ4n) is 3.16. The van der Waals surface area contributed by atoms with Crippen molar-refractivity contribution in [3.8, 4) is 0 Å². The molecule has 1 fully saturated rings. The Morgan fingerprint density at radius 2 is 1.66 bits per heavy atom. The van der Waals surface area contributed by atoms with Gasteiger partial charge in [-0.25, -0.2) is 8.42 Å². The maximum absolute atomic E-state index is 12.7. The SMILES string of the molecule is Cc1ccc(C(=O)CCC(=O)OCC(=O)N2CCN(S(=O)(=O)c3ccc(Cl)cc3)CC2)s1. The zero-order valence-electron chi connectivity index (χ0n) is 17.5. The second-order valence-electron chi connectivity index (χ2n) is 7.23. The number of carbonyl (C=O) groups excluding carboxylic acids is 3. The standard InChI is InChI=1S/C21H23ClN2O6S2/c1-15-2-8-19(31-15)18(25)7-9-21(27)30-14-20(26)23-10-12-24(13-11-23)32(28,29)17-5-3-16(22)4-6-17/h2-6,8H,7,9-14H2,1H3. The van der Waals surface area contributed by atoms with E-state index < -0.39 is 28.5 Å². The van der Waals surface area contributed by atoms with E-state index >= 15 is 0 Å². The lowest BCUT2D eigenvalue weighted by atomic mass is 10.2. The third-order valence-corrected chi connectivity index (χ3v) is 8.18. The molecule has 1 aliphatic heterocycles. The molecule has 3 rings (SSSR count). The highest BCUT2D eigenvalue weighted by atomic mass is 35.5. The number of amides is 1. The van der Waals surface area contributed by atoms with E-state index in [4.69, 9.17) is 16.3 Å². The number of sulfonamides is 1. The molecule has 0 unspecified atom stereocenters. The number of halogens is 1. The Bertz CT molecular complexity index is 1090. The third kappa shape index (κ3) is 6.16. The van der Waals surface area contributed by atoms with Gasteiger partial charge >= 0.3 is 5.97 Å². The van der Waals surface area contributed by atoms with Crippen molar-refractivity contribution in [2.24, 2.45) is 0 Å². The quantitative estimate of drug-likeness (QED) is 0.409. The van der Waals surface area contributed by atoms with Crippen molar-refractivity contribution >= 4 is 50.6 Å². The summed E-state index contributed by atoms with van der Waals surface area (Å²) in [5.74, 6) is -1.16. The maximum atomic E-state index is 12.7. The molecule has 1 aromatic carbocycles. The number of aryl methyl sites for hydroxylation is 1. The van der Waals surface area contributed by atoms with Crippen molar-refractivity contribution in [2.75, 3.05) is 32.8 Å². The molecule has 2 aromatic rings. The average Bonchev–Trinajstić information content (AvgIpc) is 3.22. The first-order valence-electron chi connectivity index (χ1n) is 9.95. The van der Waals surface area contributed by atoms with Crippen LogP contribution in [-0.4, -0.2) is 68.1 Å². The Hall–Kier alpha value is -2.27. The molecule has 32 heavy (non-hydrogen) atoms. The van der Waals surface area contributed by atoms with Crippen molar-refractivity contribution < 1.29 is 27.5 Å². The Morgan fingerprint density at radius 1 is 1.00 bits per heavy atom. The Balaban J connectivity index is 1.42. The van der Waals surface area contributed by atoms with E-state index in [9.17, 15) is 22.8 Å². The van der Waals surface area contributed by atoms with E-state index in [1.54, 1.807) is 6.07 Å². The van der Waals surface area contributed by atoms with Gasteiger partial charge in [-0.2, -0.15) is 4.31 Å². The molecular formula is C21H23ClN2O6S2. The number of carbonyl (C=O) groups is 3. The van der Waals surface area contributed by atoms with Crippen LogP contribution in [0, 0.1) is 6.92 Å². The molecule has 8 nitrogen and oxygen atoms in total. The van der Waals surface area contributed by atoms with Gasteiger partial charge < -0.3 is 9.64 Å². The number of piperazine rings is 1. The third-order valence-electron chi connectivity index (χ3n) is 4.97. The number of Topliss-reactive ketones (excluding diaryl/α,β-unsaturated/α-hetero) is 1. The molecular weight excluding hydrogens is 476 g/mol. The van der Waals surface area contributed by atoms with E-state index in [0.29, 0.717) is 9.90 Å². The Kier molecular flexibility index (Phi) is 8.05. The number of hydrogen-bond acceptors (Lipinski definition) is 7. The highest BCUT2D eigenvalue weighted by molar-refractivity contribution is 7.89. The van der Waals surface area contributed by atoms with E-state index in [1.165, 1.54) is 44.8 Å². The van der Waals surface area contributed by atoms with Crippen molar-refractivity contribution in [3.05, 3.63) is 51.2 Å². The largest absolute Gasteiger partial charge is 0.456 e. The Morgan fingerprint density at radius 3 is 2.25 bits per heavy atom. The molecule has 172 valence electrons. The predicted octanol–water partition coefficient (Wildman–Crippen LogP) is 2.75. The first-order chi connectivity index (χ1) is 15.2. The van der Waals surface area contributed by atoms with Crippen LogP contribution in [0.5, 0.6) is 0 Å². The van der Waals surface area contributed by atoms with E-state index in [1.807, 2.05) is 13.0 Å². The lowest BCUT2D eigenvalue weighted by molar-refractivity contribution is -0.152. The highest BCUT2D eigenvalue weighted by Gasteiger charge is 2.30. The van der Waals surface area contributed by atoms with Crippen molar-refractivity contribution in [1.82, 2.24) is 9.21 Å². The summed E-state index contributed by atoms with van der Waals surface area (Å²) in [6.45, 7) is 2.13. The number of thiophene rings is 1. The van der Waals surface area contributed by atoms with Gasteiger partial charge in [0.1, 0.15) is 0 Å². The second kappa shape index (κ2) is 10.6. The number of hydrogen-bond donors (Lipinski definition) is 0. The van der Waals surface area contributed by atoms with Gasteiger partial charge in [0.2, 0.25) is 10.0 Å². The van der Waals surface area contributed by atoms with Crippen LogP contribution in [0.15, 0.2) is 41.3 Å². The number of rotatable bonds is 8. The fourth-order valence-corrected chi connectivity index (χ4v) is 5.55. The number of ether oxygens (including phenoxy) is 1. The minimum Gasteiger partial charge on any atom is -0.456 e. The molecule has 0 radical (unpaired) electrons. The molecule has 1 amide bonds. The maximum Gasteiger partial charge on any atom is 0.306 e. The minimum absolute atomic E-state index is 0.0220. The van der Waals surface area contributed by atoms with Crippen molar-refractivity contribution in [3.63, 3.8) is 0 Å². The number of ketones is 1. The molecule has 11 heteroatoms. The minimum atomic E-state index is -3.67. The summed E-state index contributed by atoms with van der Waals surface area (Å²) in [6.07, 6.45) is -0.0790. The summed E-state index contributed by atoms with van der Waals surface area (Å²) in [6, 6.07) is 9.48. The van der Waals surface area contributed by atoms with Gasteiger partial charge in [0, 0.05) is 42.5 Å². The van der Waals surface area contributed by atoms with Crippen molar-refractivity contribution in [1.29, 1.82) is 0 Å². The van der Waals surface area contributed by atoms with Crippen LogP contribution in [0.25, 0.3) is 0 Å². The van der Waals surface area contributed by atoms with E-state index in [2.05, 4.69) is 0 Å². The highest BCUT2D eigenvalue weighted by Crippen LogP contribution is 2.20. The molecule has 0 saturated carbocycles. The van der Waals surface area contributed by atoms with Gasteiger partial charge in [-0.3, -0.25) is 14.4 Å². The van der Waals surface area contributed by atoms with E-state index in [0.717, 1.165) is 4.88 Å². The summed E-state index contributed by atoms with van der Waals surface area (Å²) >= 11 is 7.18. The lowest BCUT2D eigenvalue weighted by Gasteiger charge is -2.33. The number of nitrogens with zero attached hydrogens (tertiary/aromatic N) is 2. The average molecular weight is 499 g/mol. The molecule has 0 N–H and O–H groups in total. The van der Waals surface area contributed by atoms with Crippen LogP contribution in [0.3, 0.4) is 0 Å². The molecule has 1 aliphatic rings. The summed E-state index contributed by atoms with van der Waals surface area (Å²) in [5.41, 5.74) is 0. The predicted molar refractivity (Wildman–Crippen MR) is 120 cm³/mol. The summed E-state index contributed by atoms with van der Waals surface area (Å²) in [5, 5.41) is 0.444. The van der Waals surface area contributed by atoms with Crippen molar-refractivity contribution in [2.45, 2.75) is 24.7 Å². The molecule has 2 heterocycles. The normalized spacial score (nSPS) is 14.9. The fraction of sp³-hybridized carbons (Fsp3) is 0.381. The molecule has 0 bridgehead atoms. The topological polar surface area (TPSA) is 101 Å². The van der Waals surface area contributed by atoms with Crippen LogP contribution < -0.4 is 0 Å². The van der Waals surface area contributed by atoms with Crippen LogP contribution >= 0.6 is 22.9 Å². The van der Waals surface area contributed by atoms with Crippen LogP contribution in [0.2, 0.25) is 5.02 Å². The number of esters is 1. The first-order valence-corrected chi connectivity index (χ1v) is 12.6. The summed E-state index contributed by atoms with van der Waals surface area (Å²) in [7, 11) is -3.67. The Labute approximate surface area is 195 Å². The van der Waals surface area contributed by atoms with Gasteiger partial charge in [-0.1, -0.05) is 11.6 Å². The molecule has 0 atom stereocenters. The summed E-state index contributed by atoms with van der Waals surface area (Å²) < 4.78 is 31.7. The smallest absolute Gasteiger partial charge is 0.306 e. The molecule has 1 saturated heterocycles. The molecule has 1 aromatic heterocycles. The van der Waals surface area contributed by atoms with E-state index in [-0.39, 0.29) is 49.7 Å². The monoisotopic (exact) mass is 498 g/mol. The van der Waals surface area contributed by atoms with Gasteiger partial charge in [0.15, 0.2) is 12.4 Å². The van der Waals surface area contributed by atoms with Gasteiger partial charge in [-0.05, 0) is 43.3 Å². The van der Waals surface area contributed by atoms with Gasteiger partial charge in [-0.15, -0.1) is 11.3 Å². The number of benzene rings is 1. The van der Waals surface area contributed by atoms with Gasteiger partial charge in [0.05, 0.1) is 16.2 Å². The van der Waals surface area contributed by atoms with Gasteiger partial charge in [0.25, 0.3) is 5.91 Å². The second-order valence-corrected chi connectivity index (χ2v) is 10.9. The zero-order chi connectivity index (χ0) is 23.3. The molecule has 0 spiro atoms. The van der Waals surface area contributed by atoms with Crippen LogP contribution in [-0.2, 0) is 24.3 Å². The molecule has 0 aliphatic carbocycles. The summed E-state index contributed by atoms with van der Waals surface area (Å²) in [4.78, 5) is 39.5.